The van der Waals surface area contributed by atoms with Gasteiger partial charge in [-0.3, -0.25) is 14.4 Å². The van der Waals surface area contributed by atoms with Crippen LogP contribution in [0.1, 0.15) is 67.4 Å². The van der Waals surface area contributed by atoms with E-state index < -0.39 is 11.9 Å². The number of aliphatic carboxylic acids is 1. The molecule has 1 rings (SSSR count). The molecule has 0 aliphatic heterocycles. The van der Waals surface area contributed by atoms with E-state index in [9.17, 15) is 14.4 Å². The number of carboxylic acids is 1. The van der Waals surface area contributed by atoms with Crippen molar-refractivity contribution in [2.24, 2.45) is 0 Å². The SMILES string of the molecule is CCCNC(=O)c1nc(NCCC)c(C(=O)NCCC(=O)O)nc1NCCC. The van der Waals surface area contributed by atoms with Crippen LogP contribution >= 0.6 is 0 Å². The number of amides is 2. The van der Waals surface area contributed by atoms with Gasteiger partial charge in [-0.25, -0.2) is 9.97 Å². The Morgan fingerprint density at radius 1 is 0.750 bits per heavy atom. The second kappa shape index (κ2) is 12.5. The van der Waals surface area contributed by atoms with Crippen LogP contribution in [0.25, 0.3) is 0 Å². The van der Waals surface area contributed by atoms with Gasteiger partial charge in [0.2, 0.25) is 0 Å². The van der Waals surface area contributed by atoms with Crippen LogP contribution in [0, 0.1) is 0 Å². The molecule has 0 fully saturated rings. The lowest BCUT2D eigenvalue weighted by molar-refractivity contribution is -0.136. The number of carbonyl (C=O) groups is 3. The van der Waals surface area contributed by atoms with Crippen LogP contribution in [0.15, 0.2) is 0 Å². The third kappa shape index (κ3) is 7.37. The minimum absolute atomic E-state index is 0.0180. The van der Waals surface area contributed by atoms with Gasteiger partial charge in [-0.05, 0) is 19.3 Å². The Morgan fingerprint density at radius 3 is 1.57 bits per heavy atom. The zero-order valence-corrected chi connectivity index (χ0v) is 16.7. The number of carbonyl (C=O) groups excluding carboxylic acids is 2. The average molecular weight is 394 g/mol. The highest BCUT2D eigenvalue weighted by Crippen LogP contribution is 2.19. The summed E-state index contributed by atoms with van der Waals surface area (Å²) in [5.41, 5.74) is 0.132. The molecule has 0 saturated carbocycles. The number of anilines is 2. The van der Waals surface area contributed by atoms with Crippen LogP contribution in [-0.4, -0.2) is 59.0 Å². The summed E-state index contributed by atoms with van der Waals surface area (Å²) in [6, 6.07) is 0. The minimum Gasteiger partial charge on any atom is -0.481 e. The number of hydrogen-bond acceptors (Lipinski definition) is 7. The van der Waals surface area contributed by atoms with Gasteiger partial charge < -0.3 is 26.4 Å². The van der Waals surface area contributed by atoms with Gasteiger partial charge in [-0.15, -0.1) is 0 Å². The highest BCUT2D eigenvalue weighted by atomic mass is 16.4. The average Bonchev–Trinajstić information content (AvgIpc) is 2.68. The lowest BCUT2D eigenvalue weighted by Crippen LogP contribution is -2.31. The lowest BCUT2D eigenvalue weighted by Gasteiger charge is -2.16. The molecular formula is C18H30N6O4. The van der Waals surface area contributed by atoms with E-state index in [1.165, 1.54) is 0 Å². The zero-order valence-electron chi connectivity index (χ0n) is 16.7. The van der Waals surface area contributed by atoms with Crippen molar-refractivity contribution in [1.29, 1.82) is 0 Å². The first kappa shape index (κ1) is 23.1. The largest absolute Gasteiger partial charge is 0.481 e. The van der Waals surface area contributed by atoms with E-state index in [0.29, 0.717) is 19.6 Å². The predicted molar refractivity (Wildman–Crippen MR) is 107 cm³/mol. The monoisotopic (exact) mass is 394 g/mol. The highest BCUT2D eigenvalue weighted by Gasteiger charge is 2.22. The van der Waals surface area contributed by atoms with Crippen LogP contribution < -0.4 is 21.3 Å². The summed E-state index contributed by atoms with van der Waals surface area (Å²) in [5.74, 6) is -1.51. The third-order valence-corrected chi connectivity index (χ3v) is 3.57. The standard InChI is InChI=1S/C18H30N6O4/c1-4-8-19-15-13(17(27)21-10-6-3)23-16(20-9-5-2)14(24-15)18(28)22-11-7-12(25)26/h4-11H2,1-3H3,(H,19,24)(H,20,23)(H,21,27)(H,22,28)(H,25,26). The van der Waals surface area contributed by atoms with Crippen molar-refractivity contribution in [1.82, 2.24) is 20.6 Å². The number of nitrogens with zero attached hydrogens (tertiary/aromatic N) is 2. The summed E-state index contributed by atoms with van der Waals surface area (Å²) in [6.07, 6.45) is 2.17. The van der Waals surface area contributed by atoms with Gasteiger partial charge in [0.05, 0.1) is 6.42 Å². The topological polar surface area (TPSA) is 145 Å². The van der Waals surface area contributed by atoms with Crippen molar-refractivity contribution >= 4 is 29.4 Å². The van der Waals surface area contributed by atoms with Gasteiger partial charge in [-0.1, -0.05) is 20.8 Å². The number of nitrogens with one attached hydrogen (secondary N) is 4. The molecule has 28 heavy (non-hydrogen) atoms. The molecule has 0 unspecified atom stereocenters. The van der Waals surface area contributed by atoms with Crippen molar-refractivity contribution in [2.45, 2.75) is 46.5 Å². The summed E-state index contributed by atoms with van der Waals surface area (Å²) < 4.78 is 0. The van der Waals surface area contributed by atoms with E-state index in [-0.39, 0.29) is 41.9 Å². The third-order valence-electron chi connectivity index (χ3n) is 3.57. The van der Waals surface area contributed by atoms with Gasteiger partial charge in [0.15, 0.2) is 23.0 Å². The quantitative estimate of drug-likeness (QED) is 0.338. The van der Waals surface area contributed by atoms with Crippen molar-refractivity contribution in [2.75, 3.05) is 36.8 Å². The van der Waals surface area contributed by atoms with Crippen LogP contribution in [0.2, 0.25) is 0 Å². The van der Waals surface area contributed by atoms with Gasteiger partial charge >= 0.3 is 5.97 Å². The maximum Gasteiger partial charge on any atom is 0.305 e. The summed E-state index contributed by atoms with van der Waals surface area (Å²) >= 11 is 0. The fourth-order valence-corrected chi connectivity index (χ4v) is 2.17. The summed E-state index contributed by atoms with van der Waals surface area (Å²) in [6.45, 7) is 7.45. The predicted octanol–water partition coefficient (Wildman–Crippen LogP) is 1.46. The van der Waals surface area contributed by atoms with Crippen molar-refractivity contribution in [3.05, 3.63) is 11.4 Å². The Bertz CT molecular complexity index is 680. The number of aromatic nitrogens is 2. The van der Waals surface area contributed by atoms with Crippen LogP contribution in [0.5, 0.6) is 0 Å². The first-order valence-electron chi connectivity index (χ1n) is 9.62. The van der Waals surface area contributed by atoms with Gasteiger partial charge in [0.1, 0.15) is 0 Å². The first-order chi connectivity index (χ1) is 13.4. The number of carboxylic acid groups (broad SMARTS) is 1. The molecular weight excluding hydrogens is 364 g/mol. The minimum atomic E-state index is -1.01. The fraction of sp³-hybridized carbons (Fsp3) is 0.611. The molecule has 5 N–H and O–H groups in total. The second-order valence-electron chi connectivity index (χ2n) is 6.13. The second-order valence-corrected chi connectivity index (χ2v) is 6.13. The fourth-order valence-electron chi connectivity index (χ4n) is 2.17. The molecule has 0 atom stereocenters. The lowest BCUT2D eigenvalue weighted by atomic mass is 10.2. The van der Waals surface area contributed by atoms with E-state index >= 15 is 0 Å². The van der Waals surface area contributed by atoms with E-state index in [1.54, 1.807) is 0 Å². The number of hydrogen-bond donors (Lipinski definition) is 5. The zero-order chi connectivity index (χ0) is 20.9. The van der Waals surface area contributed by atoms with Gasteiger partial charge in [0.25, 0.3) is 11.8 Å². The molecule has 0 saturated heterocycles. The molecule has 2 amide bonds. The molecule has 0 bridgehead atoms. The van der Waals surface area contributed by atoms with Crippen LogP contribution in [-0.2, 0) is 4.79 Å². The van der Waals surface area contributed by atoms with E-state index in [4.69, 9.17) is 5.11 Å². The molecule has 10 heteroatoms. The summed E-state index contributed by atoms with van der Waals surface area (Å²) in [5, 5.41) is 20.1. The molecule has 0 aromatic carbocycles. The molecule has 0 spiro atoms. The molecule has 156 valence electrons. The molecule has 0 radical (unpaired) electrons. The summed E-state index contributed by atoms with van der Waals surface area (Å²) in [4.78, 5) is 44.4. The maximum atomic E-state index is 12.5. The normalized spacial score (nSPS) is 10.2. The molecule has 10 nitrogen and oxygen atoms in total. The van der Waals surface area contributed by atoms with Gasteiger partial charge in [0, 0.05) is 26.2 Å². The summed E-state index contributed by atoms with van der Waals surface area (Å²) in [7, 11) is 0. The molecule has 1 aromatic rings. The Kier molecular flexibility index (Phi) is 10.3. The highest BCUT2D eigenvalue weighted by molar-refractivity contribution is 6.01. The number of rotatable bonds is 13. The Labute approximate surface area is 164 Å². The van der Waals surface area contributed by atoms with E-state index in [1.807, 2.05) is 20.8 Å². The van der Waals surface area contributed by atoms with Gasteiger partial charge in [-0.2, -0.15) is 0 Å². The van der Waals surface area contributed by atoms with E-state index in [0.717, 1.165) is 19.3 Å². The Morgan fingerprint density at radius 2 is 1.18 bits per heavy atom. The van der Waals surface area contributed by atoms with Crippen molar-refractivity contribution in [3.8, 4) is 0 Å². The molecule has 0 aliphatic carbocycles. The van der Waals surface area contributed by atoms with Crippen LogP contribution in [0.3, 0.4) is 0 Å². The van der Waals surface area contributed by atoms with E-state index in [2.05, 4.69) is 31.2 Å². The van der Waals surface area contributed by atoms with Crippen molar-refractivity contribution < 1.29 is 19.5 Å². The Balaban J connectivity index is 3.24. The smallest absolute Gasteiger partial charge is 0.305 e. The molecule has 1 aromatic heterocycles. The Hall–Kier alpha value is -2.91. The van der Waals surface area contributed by atoms with Crippen LogP contribution in [0.4, 0.5) is 11.6 Å². The maximum absolute atomic E-state index is 12.5. The van der Waals surface area contributed by atoms with Crippen molar-refractivity contribution in [3.63, 3.8) is 0 Å². The molecule has 0 aliphatic rings. The molecule has 1 heterocycles. The first-order valence-corrected chi connectivity index (χ1v) is 9.62.